The van der Waals surface area contributed by atoms with Crippen LogP contribution in [0.3, 0.4) is 0 Å². The maximum absolute atomic E-state index is 13.0. The standard InChI is InChI=1S/C18H28N2O3S/c1-13-9-17(23-4)18(10-14(13)2)24(21,22)19-11-16(12-19)20-8-6-5-7-15(20)3/h9-10,15-16H,5-8,11-12H2,1-4H3. The van der Waals surface area contributed by atoms with Crippen molar-refractivity contribution in [3.8, 4) is 5.75 Å². The fourth-order valence-corrected chi connectivity index (χ4v) is 5.49. The van der Waals surface area contributed by atoms with E-state index in [4.69, 9.17) is 4.74 Å². The van der Waals surface area contributed by atoms with E-state index < -0.39 is 10.0 Å². The molecule has 0 aromatic heterocycles. The van der Waals surface area contributed by atoms with Crippen molar-refractivity contribution >= 4 is 10.0 Å². The summed E-state index contributed by atoms with van der Waals surface area (Å²) in [6.45, 7) is 8.41. The Kier molecular flexibility index (Phi) is 4.91. The Morgan fingerprint density at radius 2 is 1.79 bits per heavy atom. The van der Waals surface area contributed by atoms with Crippen molar-refractivity contribution in [2.75, 3.05) is 26.7 Å². The maximum atomic E-state index is 13.0. The molecule has 6 heteroatoms. The van der Waals surface area contributed by atoms with Gasteiger partial charge in [-0.15, -0.1) is 0 Å². The van der Waals surface area contributed by atoms with Crippen molar-refractivity contribution in [1.82, 2.24) is 9.21 Å². The lowest BCUT2D eigenvalue weighted by molar-refractivity contribution is 0.0360. The van der Waals surface area contributed by atoms with Gasteiger partial charge in [0.25, 0.3) is 0 Å². The Labute approximate surface area is 145 Å². The first-order chi connectivity index (χ1) is 11.3. The number of sulfonamides is 1. The molecule has 1 aromatic carbocycles. The number of rotatable bonds is 4. The molecule has 3 rings (SSSR count). The average Bonchev–Trinajstić information content (AvgIpc) is 2.49. The van der Waals surface area contributed by atoms with Crippen LogP contribution in [0.5, 0.6) is 5.75 Å². The topological polar surface area (TPSA) is 49.9 Å². The van der Waals surface area contributed by atoms with Crippen molar-refractivity contribution < 1.29 is 13.2 Å². The first-order valence-corrected chi connectivity index (χ1v) is 10.2. The van der Waals surface area contributed by atoms with Crippen molar-refractivity contribution in [3.05, 3.63) is 23.3 Å². The summed E-state index contributed by atoms with van der Waals surface area (Å²) in [6.07, 6.45) is 3.72. The van der Waals surface area contributed by atoms with E-state index in [0.717, 1.165) is 17.7 Å². The van der Waals surface area contributed by atoms with E-state index in [1.54, 1.807) is 10.4 Å². The van der Waals surface area contributed by atoms with Crippen LogP contribution in [0.2, 0.25) is 0 Å². The van der Waals surface area contributed by atoms with Gasteiger partial charge in [-0.05, 0) is 63.4 Å². The number of benzene rings is 1. The van der Waals surface area contributed by atoms with Gasteiger partial charge < -0.3 is 4.74 Å². The van der Waals surface area contributed by atoms with Gasteiger partial charge in [0.05, 0.1) is 7.11 Å². The number of hydrogen-bond donors (Lipinski definition) is 0. The largest absolute Gasteiger partial charge is 0.495 e. The van der Waals surface area contributed by atoms with Crippen LogP contribution in [-0.2, 0) is 10.0 Å². The average molecular weight is 353 g/mol. The maximum Gasteiger partial charge on any atom is 0.246 e. The summed E-state index contributed by atoms with van der Waals surface area (Å²) in [6, 6.07) is 4.46. The molecule has 0 amide bonds. The second-order valence-electron chi connectivity index (χ2n) is 7.15. The van der Waals surface area contributed by atoms with Gasteiger partial charge in [0.1, 0.15) is 10.6 Å². The van der Waals surface area contributed by atoms with Gasteiger partial charge in [-0.25, -0.2) is 8.42 Å². The smallest absolute Gasteiger partial charge is 0.246 e. The van der Waals surface area contributed by atoms with Gasteiger partial charge in [0.15, 0.2) is 0 Å². The number of ether oxygens (including phenoxy) is 1. The van der Waals surface area contributed by atoms with E-state index in [-0.39, 0.29) is 0 Å². The summed E-state index contributed by atoms with van der Waals surface area (Å²) in [7, 11) is -1.97. The Balaban J connectivity index is 1.77. The van der Waals surface area contributed by atoms with E-state index >= 15 is 0 Å². The Morgan fingerprint density at radius 1 is 1.12 bits per heavy atom. The molecule has 0 N–H and O–H groups in total. The van der Waals surface area contributed by atoms with Crippen LogP contribution in [0.4, 0.5) is 0 Å². The second-order valence-corrected chi connectivity index (χ2v) is 9.05. The van der Waals surface area contributed by atoms with E-state index in [2.05, 4.69) is 11.8 Å². The number of piperidine rings is 1. The van der Waals surface area contributed by atoms with Gasteiger partial charge in [-0.2, -0.15) is 4.31 Å². The molecule has 2 fully saturated rings. The van der Waals surface area contributed by atoms with E-state index in [1.807, 2.05) is 19.9 Å². The van der Waals surface area contributed by atoms with Crippen LogP contribution in [-0.4, -0.2) is 56.5 Å². The number of likely N-dealkylation sites (tertiary alicyclic amines) is 1. The zero-order valence-corrected chi connectivity index (χ0v) is 15.9. The second kappa shape index (κ2) is 6.65. The zero-order valence-electron chi connectivity index (χ0n) is 15.1. The van der Waals surface area contributed by atoms with Gasteiger partial charge in [0, 0.05) is 25.2 Å². The highest BCUT2D eigenvalue weighted by Crippen LogP contribution is 2.33. The van der Waals surface area contributed by atoms with Crippen molar-refractivity contribution in [2.24, 2.45) is 0 Å². The molecule has 1 unspecified atom stereocenters. The van der Waals surface area contributed by atoms with Gasteiger partial charge >= 0.3 is 0 Å². The normalized spacial score (nSPS) is 23.9. The van der Waals surface area contributed by atoms with Gasteiger partial charge in [-0.1, -0.05) is 6.42 Å². The van der Waals surface area contributed by atoms with Crippen LogP contribution in [0, 0.1) is 13.8 Å². The molecular weight excluding hydrogens is 324 g/mol. The first kappa shape index (κ1) is 17.7. The third-order valence-corrected chi connectivity index (χ3v) is 7.40. The lowest BCUT2D eigenvalue weighted by Crippen LogP contribution is -2.63. The van der Waals surface area contributed by atoms with Crippen molar-refractivity contribution in [2.45, 2.75) is 57.0 Å². The summed E-state index contributed by atoms with van der Waals surface area (Å²) in [5, 5.41) is 0. The Bertz CT molecular complexity index is 711. The molecule has 2 aliphatic heterocycles. The highest BCUT2D eigenvalue weighted by molar-refractivity contribution is 7.89. The molecule has 134 valence electrons. The molecule has 5 nitrogen and oxygen atoms in total. The molecule has 2 aliphatic rings. The van der Waals surface area contributed by atoms with E-state index in [1.165, 1.54) is 26.4 Å². The minimum absolute atomic E-state index is 0.290. The SMILES string of the molecule is COc1cc(C)c(C)cc1S(=O)(=O)N1CC(N2CCCCC2C)C1. The monoisotopic (exact) mass is 352 g/mol. The van der Waals surface area contributed by atoms with E-state index in [9.17, 15) is 8.42 Å². The number of methoxy groups -OCH3 is 1. The van der Waals surface area contributed by atoms with Crippen molar-refractivity contribution in [1.29, 1.82) is 0 Å². The van der Waals surface area contributed by atoms with Crippen LogP contribution >= 0.6 is 0 Å². The van der Waals surface area contributed by atoms with Gasteiger partial charge in [-0.3, -0.25) is 4.90 Å². The number of aryl methyl sites for hydroxylation is 2. The molecule has 2 heterocycles. The Morgan fingerprint density at radius 3 is 2.42 bits per heavy atom. The van der Waals surface area contributed by atoms with Crippen LogP contribution in [0.15, 0.2) is 17.0 Å². The molecule has 0 spiro atoms. The molecule has 1 atom stereocenters. The third-order valence-electron chi connectivity index (χ3n) is 5.55. The number of hydrogen-bond acceptors (Lipinski definition) is 4. The summed E-state index contributed by atoms with van der Waals surface area (Å²) in [5.41, 5.74) is 2.01. The quantitative estimate of drug-likeness (QED) is 0.836. The fraction of sp³-hybridized carbons (Fsp3) is 0.667. The molecule has 0 radical (unpaired) electrons. The predicted molar refractivity (Wildman–Crippen MR) is 95.0 cm³/mol. The Hall–Kier alpha value is -1.11. The molecule has 0 aliphatic carbocycles. The van der Waals surface area contributed by atoms with Crippen LogP contribution in [0.25, 0.3) is 0 Å². The summed E-state index contributed by atoms with van der Waals surface area (Å²) in [5.74, 6) is 0.438. The minimum atomic E-state index is -3.49. The third kappa shape index (κ3) is 3.07. The number of nitrogens with zero attached hydrogens (tertiary/aromatic N) is 2. The highest BCUT2D eigenvalue weighted by atomic mass is 32.2. The van der Waals surface area contributed by atoms with Crippen LogP contribution in [0.1, 0.15) is 37.3 Å². The predicted octanol–water partition coefficient (Wildman–Crippen LogP) is 2.56. The fourth-order valence-electron chi connectivity index (χ4n) is 3.75. The highest BCUT2D eigenvalue weighted by Gasteiger charge is 2.42. The summed E-state index contributed by atoms with van der Waals surface area (Å²) in [4.78, 5) is 2.77. The molecule has 1 aromatic rings. The van der Waals surface area contributed by atoms with Crippen molar-refractivity contribution in [3.63, 3.8) is 0 Å². The molecule has 0 saturated carbocycles. The lowest BCUT2D eigenvalue weighted by Gasteiger charge is -2.48. The zero-order chi connectivity index (χ0) is 17.5. The molecular formula is C18H28N2O3S. The van der Waals surface area contributed by atoms with E-state index in [0.29, 0.717) is 35.8 Å². The lowest BCUT2D eigenvalue weighted by atomic mass is 9.99. The molecule has 0 bridgehead atoms. The first-order valence-electron chi connectivity index (χ1n) is 8.75. The summed E-state index contributed by atoms with van der Waals surface area (Å²) < 4.78 is 32.9. The minimum Gasteiger partial charge on any atom is -0.495 e. The van der Waals surface area contributed by atoms with Crippen LogP contribution < -0.4 is 4.74 Å². The summed E-state index contributed by atoms with van der Waals surface area (Å²) >= 11 is 0. The molecule has 24 heavy (non-hydrogen) atoms. The van der Waals surface area contributed by atoms with Gasteiger partial charge in [0.2, 0.25) is 10.0 Å². The molecule has 2 saturated heterocycles.